The van der Waals surface area contributed by atoms with Gasteiger partial charge in [0.05, 0.1) is 19.4 Å². The zero-order valence-electron chi connectivity index (χ0n) is 14.8. The zero-order chi connectivity index (χ0) is 17.5. The Morgan fingerprint density at radius 3 is 2.96 bits per heavy atom. The van der Waals surface area contributed by atoms with E-state index in [2.05, 4.69) is 9.88 Å². The van der Waals surface area contributed by atoms with Gasteiger partial charge in [-0.15, -0.1) is 0 Å². The third-order valence-electron chi connectivity index (χ3n) is 4.94. The topological polar surface area (TPSA) is 51.7 Å². The average molecular weight is 336 g/mol. The number of halogens is 1. The minimum atomic E-state index is -0.731. The number of likely N-dealkylation sites (tertiary alicyclic amines) is 1. The van der Waals surface area contributed by atoms with Gasteiger partial charge in [-0.1, -0.05) is 20.8 Å². The number of alkyl halides is 1. The number of hydrogen-bond donors (Lipinski definition) is 0. The highest BCUT2D eigenvalue weighted by Crippen LogP contribution is 2.40. The summed E-state index contributed by atoms with van der Waals surface area (Å²) in [5.41, 5.74) is 1.79. The number of carbonyl (C=O) groups excluding carboxylic acids is 1. The lowest BCUT2D eigenvalue weighted by atomic mass is 9.90. The second-order valence-corrected chi connectivity index (χ2v) is 7.53. The molecule has 0 radical (unpaired) electrons. The van der Waals surface area contributed by atoms with E-state index in [-0.39, 0.29) is 11.3 Å². The summed E-state index contributed by atoms with van der Waals surface area (Å²) in [6.07, 6.45) is -0.185. The van der Waals surface area contributed by atoms with Crippen molar-refractivity contribution in [1.82, 2.24) is 9.88 Å². The van der Waals surface area contributed by atoms with Crippen LogP contribution in [-0.2, 0) is 16.7 Å². The van der Waals surface area contributed by atoms with Gasteiger partial charge in [0.25, 0.3) is 0 Å². The molecule has 3 heterocycles. The maximum atomic E-state index is 13.7. The van der Waals surface area contributed by atoms with Crippen molar-refractivity contribution in [3.63, 3.8) is 0 Å². The maximum absolute atomic E-state index is 13.7. The molecule has 1 saturated heterocycles. The van der Waals surface area contributed by atoms with Crippen molar-refractivity contribution in [2.75, 3.05) is 26.8 Å². The lowest BCUT2D eigenvalue weighted by Gasteiger charge is -2.33. The van der Waals surface area contributed by atoms with E-state index in [1.54, 1.807) is 6.07 Å². The van der Waals surface area contributed by atoms with Crippen molar-refractivity contribution in [3.05, 3.63) is 23.0 Å². The highest BCUT2D eigenvalue weighted by molar-refractivity contribution is 5.87. The molecule has 0 N–H and O–H groups in total. The monoisotopic (exact) mass is 336 g/mol. The molecule has 2 aliphatic heterocycles. The van der Waals surface area contributed by atoms with Crippen molar-refractivity contribution >= 4 is 5.97 Å². The van der Waals surface area contributed by atoms with Crippen LogP contribution in [0.5, 0.6) is 5.75 Å². The first kappa shape index (κ1) is 17.1. The van der Waals surface area contributed by atoms with Gasteiger partial charge in [-0.3, -0.25) is 4.90 Å². The van der Waals surface area contributed by atoms with Crippen LogP contribution in [0.3, 0.4) is 0 Å². The Bertz CT molecular complexity index is 647. The average Bonchev–Trinajstić information content (AvgIpc) is 2.86. The van der Waals surface area contributed by atoms with Crippen molar-refractivity contribution in [3.8, 4) is 5.75 Å². The Morgan fingerprint density at radius 1 is 1.54 bits per heavy atom. The quantitative estimate of drug-likeness (QED) is 0.795. The molecule has 132 valence electrons. The number of ether oxygens (including phenoxy) is 2. The lowest BCUT2D eigenvalue weighted by molar-refractivity contribution is 0.0593. The summed E-state index contributed by atoms with van der Waals surface area (Å²) in [7, 11) is 1.35. The van der Waals surface area contributed by atoms with Gasteiger partial charge in [0.15, 0.2) is 0 Å². The lowest BCUT2D eigenvalue weighted by Crippen LogP contribution is -2.39. The zero-order valence-corrected chi connectivity index (χ0v) is 14.8. The largest absolute Gasteiger partial charge is 0.490 e. The summed E-state index contributed by atoms with van der Waals surface area (Å²) >= 11 is 0. The molecule has 0 amide bonds. The van der Waals surface area contributed by atoms with Crippen molar-refractivity contribution < 1.29 is 18.7 Å². The number of esters is 1. The fraction of sp³-hybridized carbons (Fsp3) is 0.667. The Balaban J connectivity index is 1.92. The predicted octanol–water partition coefficient (Wildman–Crippen LogP) is 2.72. The summed E-state index contributed by atoms with van der Waals surface area (Å²) in [6, 6.07) is 1.75. The molecule has 24 heavy (non-hydrogen) atoms. The van der Waals surface area contributed by atoms with E-state index in [1.807, 2.05) is 20.8 Å². The molecule has 5 nitrogen and oxygen atoms in total. The third-order valence-corrected chi connectivity index (χ3v) is 4.94. The van der Waals surface area contributed by atoms with Crippen LogP contribution in [0.2, 0.25) is 0 Å². The summed E-state index contributed by atoms with van der Waals surface area (Å²) in [5.74, 6) is 0.339. The molecule has 6 heteroatoms. The van der Waals surface area contributed by atoms with Crippen molar-refractivity contribution in [2.45, 2.75) is 45.3 Å². The van der Waals surface area contributed by atoms with E-state index in [1.165, 1.54) is 7.11 Å². The van der Waals surface area contributed by atoms with Gasteiger partial charge in [0.1, 0.15) is 17.6 Å². The predicted molar refractivity (Wildman–Crippen MR) is 88.1 cm³/mol. The smallest absolute Gasteiger partial charge is 0.356 e. The molecule has 0 saturated carbocycles. The van der Waals surface area contributed by atoms with Crippen LogP contribution in [0.1, 0.15) is 48.9 Å². The van der Waals surface area contributed by atoms with E-state index in [0.717, 1.165) is 17.0 Å². The van der Waals surface area contributed by atoms with Gasteiger partial charge >= 0.3 is 5.97 Å². The normalized spacial score (nSPS) is 25.9. The second kappa shape index (κ2) is 6.31. The molecule has 2 atom stereocenters. The van der Waals surface area contributed by atoms with E-state index >= 15 is 0 Å². The van der Waals surface area contributed by atoms with Crippen LogP contribution in [0.4, 0.5) is 4.39 Å². The first-order valence-corrected chi connectivity index (χ1v) is 8.44. The molecular formula is C18H25FN2O3. The number of fused-ring (bicyclic) bond motifs is 1. The Morgan fingerprint density at radius 2 is 2.29 bits per heavy atom. The van der Waals surface area contributed by atoms with E-state index < -0.39 is 12.1 Å². The molecule has 2 aliphatic rings. The number of piperidine rings is 1. The Labute approximate surface area is 142 Å². The SMILES string of the molecule is COC(=O)c1cc(CN2CC[C@H](F)[C@H](C)C2)c2c(n1)C(C)(C)CO2. The molecule has 1 fully saturated rings. The van der Waals surface area contributed by atoms with E-state index in [0.29, 0.717) is 38.4 Å². The Kier molecular flexibility index (Phi) is 4.51. The van der Waals surface area contributed by atoms with Crippen molar-refractivity contribution in [2.24, 2.45) is 5.92 Å². The minimum Gasteiger partial charge on any atom is -0.490 e. The van der Waals surface area contributed by atoms with Gasteiger partial charge < -0.3 is 9.47 Å². The number of methoxy groups -OCH3 is 1. The second-order valence-electron chi connectivity index (χ2n) is 7.53. The molecule has 0 spiro atoms. The molecule has 0 aliphatic carbocycles. The molecule has 3 rings (SSSR count). The van der Waals surface area contributed by atoms with Gasteiger partial charge in [-0.25, -0.2) is 14.2 Å². The van der Waals surface area contributed by atoms with Gasteiger partial charge in [0, 0.05) is 36.5 Å². The number of pyridine rings is 1. The summed E-state index contributed by atoms with van der Waals surface area (Å²) < 4.78 is 24.4. The van der Waals surface area contributed by atoms with Crippen LogP contribution in [0.15, 0.2) is 6.07 Å². The van der Waals surface area contributed by atoms with Crippen LogP contribution in [0.25, 0.3) is 0 Å². The first-order chi connectivity index (χ1) is 11.3. The number of hydrogen-bond acceptors (Lipinski definition) is 5. The first-order valence-electron chi connectivity index (χ1n) is 8.44. The fourth-order valence-electron chi connectivity index (χ4n) is 3.44. The number of rotatable bonds is 3. The molecule has 0 unspecified atom stereocenters. The van der Waals surface area contributed by atoms with E-state index in [9.17, 15) is 9.18 Å². The molecule has 0 bridgehead atoms. The maximum Gasteiger partial charge on any atom is 0.356 e. The van der Waals surface area contributed by atoms with Gasteiger partial charge in [0.2, 0.25) is 0 Å². The molecule has 1 aromatic rings. The van der Waals surface area contributed by atoms with Crippen LogP contribution in [0, 0.1) is 5.92 Å². The molecular weight excluding hydrogens is 311 g/mol. The summed E-state index contributed by atoms with van der Waals surface area (Å²) in [4.78, 5) is 18.7. The highest BCUT2D eigenvalue weighted by Gasteiger charge is 2.37. The van der Waals surface area contributed by atoms with Crippen LogP contribution >= 0.6 is 0 Å². The molecule has 1 aromatic heterocycles. The Hall–Kier alpha value is -1.69. The van der Waals surface area contributed by atoms with Crippen molar-refractivity contribution in [1.29, 1.82) is 0 Å². The standard InChI is InChI=1S/C18H25FN2O3/c1-11-8-21(6-5-13(11)19)9-12-7-14(17(22)23-4)20-16-15(12)24-10-18(16,2)3/h7,11,13H,5-6,8-10H2,1-4H3/t11-,13+/m1/s1. The minimum absolute atomic E-state index is 0.0195. The van der Waals surface area contributed by atoms with Gasteiger partial charge in [-0.05, 0) is 12.5 Å². The number of aromatic nitrogens is 1. The van der Waals surface area contributed by atoms with Crippen LogP contribution < -0.4 is 4.74 Å². The third kappa shape index (κ3) is 3.11. The number of nitrogens with zero attached hydrogens (tertiary/aromatic N) is 2. The summed E-state index contributed by atoms with van der Waals surface area (Å²) in [5, 5.41) is 0. The van der Waals surface area contributed by atoms with E-state index in [4.69, 9.17) is 9.47 Å². The summed E-state index contributed by atoms with van der Waals surface area (Å²) in [6.45, 7) is 8.61. The van der Waals surface area contributed by atoms with Gasteiger partial charge in [-0.2, -0.15) is 0 Å². The van der Waals surface area contributed by atoms with Crippen LogP contribution in [-0.4, -0.2) is 48.8 Å². The number of carbonyl (C=O) groups is 1. The fourth-order valence-corrected chi connectivity index (χ4v) is 3.44. The highest BCUT2D eigenvalue weighted by atomic mass is 19.1. The molecule has 0 aromatic carbocycles.